The Labute approximate surface area is 93.7 Å². The van der Waals surface area contributed by atoms with E-state index < -0.39 is 30.7 Å². The smallest absolute Gasteiger partial charge is 0.186 e. The second-order valence-corrected chi connectivity index (χ2v) is 3.67. The monoisotopic (exact) mass is 234 g/mol. The van der Waals surface area contributed by atoms with Crippen molar-refractivity contribution in [3.05, 3.63) is 11.8 Å². The van der Waals surface area contributed by atoms with Gasteiger partial charge in [0.1, 0.15) is 30.2 Å². The SMILES string of the molecule is CC/C=C(\O)C1OC(OC)C(O)C(O)C1O. The summed E-state index contributed by atoms with van der Waals surface area (Å²) in [4.78, 5) is 0. The molecular formula is C10H18O6. The number of methoxy groups -OCH3 is 1. The van der Waals surface area contributed by atoms with E-state index in [0.29, 0.717) is 6.42 Å². The van der Waals surface area contributed by atoms with Crippen molar-refractivity contribution in [1.29, 1.82) is 0 Å². The lowest BCUT2D eigenvalue weighted by Crippen LogP contribution is -2.58. The first-order valence-corrected chi connectivity index (χ1v) is 5.14. The Morgan fingerprint density at radius 3 is 2.38 bits per heavy atom. The number of hydrogen-bond donors (Lipinski definition) is 4. The standard InChI is InChI=1S/C10H18O6/c1-3-4-5(11)9-7(13)6(12)8(14)10(15-2)16-9/h4,6-14H,3H2,1-2H3/b5-4-. The Kier molecular flexibility index (Phi) is 4.69. The van der Waals surface area contributed by atoms with Crippen LogP contribution in [0, 0.1) is 0 Å². The van der Waals surface area contributed by atoms with Crippen LogP contribution in [-0.2, 0) is 9.47 Å². The topological polar surface area (TPSA) is 99.4 Å². The summed E-state index contributed by atoms with van der Waals surface area (Å²) in [5.41, 5.74) is 0. The van der Waals surface area contributed by atoms with Gasteiger partial charge in [-0.15, -0.1) is 0 Å². The van der Waals surface area contributed by atoms with Crippen LogP contribution in [0.3, 0.4) is 0 Å². The molecule has 1 fully saturated rings. The number of aliphatic hydroxyl groups is 4. The summed E-state index contributed by atoms with van der Waals surface area (Å²) in [5, 5.41) is 38.2. The molecule has 5 atom stereocenters. The van der Waals surface area contributed by atoms with E-state index in [1.54, 1.807) is 0 Å². The number of allylic oxidation sites excluding steroid dienone is 1. The maximum absolute atomic E-state index is 9.63. The zero-order chi connectivity index (χ0) is 12.3. The maximum atomic E-state index is 9.63. The van der Waals surface area contributed by atoms with Crippen LogP contribution in [0.5, 0.6) is 0 Å². The van der Waals surface area contributed by atoms with Gasteiger partial charge in [-0.1, -0.05) is 6.92 Å². The fourth-order valence-electron chi connectivity index (χ4n) is 1.61. The summed E-state index contributed by atoms with van der Waals surface area (Å²) in [7, 11) is 1.30. The minimum Gasteiger partial charge on any atom is -0.510 e. The minimum atomic E-state index is -1.42. The normalized spacial score (nSPS) is 41.1. The fraction of sp³-hybridized carbons (Fsp3) is 0.800. The molecule has 0 aromatic heterocycles. The van der Waals surface area contributed by atoms with Gasteiger partial charge in [0, 0.05) is 7.11 Å². The van der Waals surface area contributed by atoms with E-state index in [9.17, 15) is 20.4 Å². The molecule has 0 aromatic rings. The lowest BCUT2D eigenvalue weighted by molar-refractivity contribution is -0.286. The average Bonchev–Trinajstić information content (AvgIpc) is 2.27. The van der Waals surface area contributed by atoms with Crippen LogP contribution >= 0.6 is 0 Å². The Balaban J connectivity index is 2.82. The quantitative estimate of drug-likeness (QED) is 0.482. The molecule has 0 bridgehead atoms. The van der Waals surface area contributed by atoms with Crippen molar-refractivity contribution in [3.8, 4) is 0 Å². The minimum absolute atomic E-state index is 0.178. The first kappa shape index (κ1) is 13.4. The third kappa shape index (κ3) is 2.53. The second kappa shape index (κ2) is 5.60. The Hall–Kier alpha value is -0.660. The first-order valence-electron chi connectivity index (χ1n) is 5.14. The van der Waals surface area contributed by atoms with Gasteiger partial charge in [0.15, 0.2) is 6.29 Å². The molecule has 6 nitrogen and oxygen atoms in total. The van der Waals surface area contributed by atoms with Gasteiger partial charge >= 0.3 is 0 Å². The molecule has 0 saturated carbocycles. The van der Waals surface area contributed by atoms with Crippen molar-refractivity contribution in [2.75, 3.05) is 7.11 Å². The van der Waals surface area contributed by atoms with Gasteiger partial charge < -0.3 is 29.9 Å². The maximum Gasteiger partial charge on any atom is 0.186 e. The summed E-state index contributed by atoms with van der Waals surface area (Å²) in [6.07, 6.45) is -4.27. The molecule has 0 amide bonds. The second-order valence-electron chi connectivity index (χ2n) is 3.67. The molecule has 6 heteroatoms. The molecule has 1 aliphatic rings. The highest BCUT2D eigenvalue weighted by Gasteiger charge is 2.45. The lowest BCUT2D eigenvalue weighted by Gasteiger charge is -2.39. The highest BCUT2D eigenvalue weighted by atomic mass is 16.7. The summed E-state index contributed by atoms with van der Waals surface area (Å²) in [6.45, 7) is 1.81. The zero-order valence-corrected chi connectivity index (χ0v) is 9.28. The molecule has 16 heavy (non-hydrogen) atoms. The molecule has 1 aliphatic heterocycles. The van der Waals surface area contributed by atoms with Crippen molar-refractivity contribution in [3.63, 3.8) is 0 Å². The van der Waals surface area contributed by atoms with Crippen LogP contribution in [0.1, 0.15) is 13.3 Å². The van der Waals surface area contributed by atoms with Crippen molar-refractivity contribution >= 4 is 0 Å². The van der Waals surface area contributed by atoms with Crippen LogP contribution in [0.15, 0.2) is 11.8 Å². The molecule has 4 N–H and O–H groups in total. The number of aliphatic hydroxyl groups excluding tert-OH is 4. The Morgan fingerprint density at radius 2 is 1.88 bits per heavy atom. The zero-order valence-electron chi connectivity index (χ0n) is 9.28. The van der Waals surface area contributed by atoms with Gasteiger partial charge in [0.25, 0.3) is 0 Å². The van der Waals surface area contributed by atoms with Gasteiger partial charge in [-0.3, -0.25) is 0 Å². The third-order valence-corrected chi connectivity index (χ3v) is 2.51. The van der Waals surface area contributed by atoms with Crippen LogP contribution in [-0.4, -0.2) is 58.2 Å². The van der Waals surface area contributed by atoms with Gasteiger partial charge in [-0.25, -0.2) is 0 Å². The van der Waals surface area contributed by atoms with Gasteiger partial charge in [-0.05, 0) is 12.5 Å². The molecule has 1 saturated heterocycles. The molecule has 0 aromatic carbocycles. The van der Waals surface area contributed by atoms with Crippen LogP contribution in [0.2, 0.25) is 0 Å². The Bertz CT molecular complexity index is 252. The number of rotatable bonds is 3. The summed E-state index contributed by atoms with van der Waals surface area (Å²) < 4.78 is 9.94. The van der Waals surface area contributed by atoms with Gasteiger partial charge in [0.05, 0.1) is 0 Å². The summed E-state index contributed by atoms with van der Waals surface area (Å²) in [5.74, 6) is -0.178. The first-order chi connectivity index (χ1) is 7.52. The summed E-state index contributed by atoms with van der Waals surface area (Å²) >= 11 is 0. The number of ether oxygens (including phenoxy) is 2. The number of hydrogen-bond acceptors (Lipinski definition) is 6. The van der Waals surface area contributed by atoms with Crippen molar-refractivity contribution < 1.29 is 29.9 Å². The molecule has 5 unspecified atom stereocenters. The molecule has 0 radical (unpaired) electrons. The van der Waals surface area contributed by atoms with E-state index in [0.717, 1.165) is 0 Å². The van der Waals surface area contributed by atoms with Crippen LogP contribution in [0.25, 0.3) is 0 Å². The summed E-state index contributed by atoms with van der Waals surface area (Å²) in [6, 6.07) is 0. The highest BCUT2D eigenvalue weighted by Crippen LogP contribution is 2.25. The lowest BCUT2D eigenvalue weighted by atomic mass is 9.97. The molecule has 0 spiro atoms. The van der Waals surface area contributed by atoms with Crippen molar-refractivity contribution in [2.45, 2.75) is 44.1 Å². The largest absolute Gasteiger partial charge is 0.510 e. The van der Waals surface area contributed by atoms with Crippen LogP contribution < -0.4 is 0 Å². The molecule has 1 rings (SSSR count). The van der Waals surface area contributed by atoms with E-state index in [-0.39, 0.29) is 5.76 Å². The van der Waals surface area contributed by atoms with E-state index >= 15 is 0 Å². The van der Waals surface area contributed by atoms with Crippen molar-refractivity contribution in [2.24, 2.45) is 0 Å². The van der Waals surface area contributed by atoms with E-state index in [4.69, 9.17) is 9.47 Å². The van der Waals surface area contributed by atoms with E-state index in [2.05, 4.69) is 0 Å². The molecular weight excluding hydrogens is 216 g/mol. The molecule has 1 heterocycles. The van der Waals surface area contributed by atoms with E-state index in [1.807, 2.05) is 6.92 Å². The fourth-order valence-corrected chi connectivity index (χ4v) is 1.61. The highest BCUT2D eigenvalue weighted by molar-refractivity contribution is 5.06. The van der Waals surface area contributed by atoms with Crippen molar-refractivity contribution in [1.82, 2.24) is 0 Å². The molecule has 0 aliphatic carbocycles. The van der Waals surface area contributed by atoms with Gasteiger partial charge in [0.2, 0.25) is 0 Å². The average molecular weight is 234 g/mol. The predicted molar refractivity (Wildman–Crippen MR) is 54.7 cm³/mol. The van der Waals surface area contributed by atoms with E-state index in [1.165, 1.54) is 13.2 Å². The third-order valence-electron chi connectivity index (χ3n) is 2.51. The van der Waals surface area contributed by atoms with Crippen LogP contribution in [0.4, 0.5) is 0 Å². The molecule has 94 valence electrons. The Morgan fingerprint density at radius 1 is 1.25 bits per heavy atom. The van der Waals surface area contributed by atoms with Gasteiger partial charge in [-0.2, -0.15) is 0 Å². The predicted octanol–water partition coefficient (Wildman–Crippen LogP) is -0.708.